The molecule has 0 radical (unpaired) electrons. The summed E-state index contributed by atoms with van der Waals surface area (Å²) in [5.74, 6) is 0.407. The molecule has 0 spiro atoms. The van der Waals surface area contributed by atoms with Crippen LogP contribution < -0.4 is 4.74 Å². The second kappa shape index (κ2) is 9.81. The van der Waals surface area contributed by atoms with Crippen molar-refractivity contribution in [1.29, 1.82) is 0 Å². The molecule has 2 rings (SSSR count). The lowest BCUT2D eigenvalue weighted by Crippen LogP contribution is -2.07. The van der Waals surface area contributed by atoms with Gasteiger partial charge in [0.1, 0.15) is 5.75 Å². The summed E-state index contributed by atoms with van der Waals surface area (Å²) in [4.78, 5) is 20.7. The third-order valence-electron chi connectivity index (χ3n) is 3.86. The largest absolute Gasteiger partial charge is 0.427 e. The number of esters is 1. The number of aryl methyl sites for hydroxylation is 1. The van der Waals surface area contributed by atoms with E-state index in [1.165, 1.54) is 0 Å². The minimum absolute atomic E-state index is 0.170. The number of carbonyl (C=O) groups is 1. The monoisotopic (exact) mass is 326 g/mol. The summed E-state index contributed by atoms with van der Waals surface area (Å²) in [7, 11) is 0. The Balaban J connectivity index is 1.92. The van der Waals surface area contributed by atoms with Crippen LogP contribution in [0.15, 0.2) is 36.7 Å². The molecule has 0 atom stereocenters. The van der Waals surface area contributed by atoms with E-state index in [0.29, 0.717) is 12.2 Å². The average molecular weight is 326 g/mol. The summed E-state index contributed by atoms with van der Waals surface area (Å²) in [6.07, 6.45) is 10.4. The molecule has 1 heterocycles. The van der Waals surface area contributed by atoms with Gasteiger partial charge in [0.15, 0.2) is 0 Å². The van der Waals surface area contributed by atoms with Crippen molar-refractivity contribution in [2.45, 2.75) is 58.8 Å². The molecular weight excluding hydrogens is 300 g/mol. The minimum atomic E-state index is -0.170. The van der Waals surface area contributed by atoms with E-state index in [1.807, 2.05) is 18.3 Å². The van der Waals surface area contributed by atoms with Crippen molar-refractivity contribution in [1.82, 2.24) is 9.97 Å². The maximum atomic E-state index is 11.7. The number of aromatic nitrogens is 2. The first kappa shape index (κ1) is 18.1. The lowest BCUT2D eigenvalue weighted by Gasteiger charge is -2.06. The van der Waals surface area contributed by atoms with Crippen LogP contribution in [0.25, 0.3) is 11.3 Å². The number of unbranched alkanes of at least 4 members (excludes halogenated alkanes) is 3. The van der Waals surface area contributed by atoms with Crippen molar-refractivity contribution in [3.63, 3.8) is 0 Å². The van der Waals surface area contributed by atoms with Gasteiger partial charge in [-0.3, -0.25) is 14.8 Å². The molecule has 4 heteroatoms. The molecule has 0 amide bonds. The summed E-state index contributed by atoms with van der Waals surface area (Å²) < 4.78 is 5.34. The van der Waals surface area contributed by atoms with Gasteiger partial charge in [-0.05, 0) is 43.5 Å². The predicted molar refractivity (Wildman–Crippen MR) is 95.9 cm³/mol. The van der Waals surface area contributed by atoms with Crippen molar-refractivity contribution in [3.8, 4) is 17.0 Å². The summed E-state index contributed by atoms with van der Waals surface area (Å²) in [6, 6.07) is 7.42. The van der Waals surface area contributed by atoms with Gasteiger partial charge < -0.3 is 4.74 Å². The Bertz CT molecular complexity index is 621. The Morgan fingerprint density at radius 2 is 1.71 bits per heavy atom. The highest BCUT2D eigenvalue weighted by molar-refractivity contribution is 5.72. The average Bonchev–Trinajstić information content (AvgIpc) is 2.61. The summed E-state index contributed by atoms with van der Waals surface area (Å²) in [6.45, 7) is 4.28. The van der Waals surface area contributed by atoms with E-state index in [4.69, 9.17) is 4.74 Å². The molecule has 1 aromatic heterocycles. The molecule has 24 heavy (non-hydrogen) atoms. The quantitative estimate of drug-likeness (QED) is 0.371. The van der Waals surface area contributed by atoms with Gasteiger partial charge in [0.05, 0.1) is 17.6 Å². The van der Waals surface area contributed by atoms with Gasteiger partial charge in [0.25, 0.3) is 0 Å². The fourth-order valence-electron chi connectivity index (χ4n) is 2.39. The standard InChI is InChI=1S/C20H26N2O2/c1-3-5-7-9-20(23)24-18-12-10-16(11-13-18)19-15-21-17(14-22-19)8-6-4-2/h10-15H,3-9H2,1-2H3. The molecule has 0 N–H and O–H groups in total. The highest BCUT2D eigenvalue weighted by Crippen LogP contribution is 2.21. The molecule has 0 saturated carbocycles. The Labute approximate surface area is 144 Å². The van der Waals surface area contributed by atoms with Crippen LogP contribution in [0.2, 0.25) is 0 Å². The summed E-state index contributed by atoms with van der Waals surface area (Å²) >= 11 is 0. The van der Waals surface area contributed by atoms with E-state index in [-0.39, 0.29) is 5.97 Å². The maximum absolute atomic E-state index is 11.7. The van der Waals surface area contributed by atoms with Crippen LogP contribution in [-0.2, 0) is 11.2 Å². The zero-order valence-electron chi connectivity index (χ0n) is 14.6. The van der Waals surface area contributed by atoms with Gasteiger partial charge in [-0.2, -0.15) is 0 Å². The third kappa shape index (κ3) is 5.76. The van der Waals surface area contributed by atoms with Gasteiger partial charge in [-0.15, -0.1) is 0 Å². The Morgan fingerprint density at radius 3 is 2.33 bits per heavy atom. The van der Waals surface area contributed by atoms with Gasteiger partial charge in [-0.1, -0.05) is 33.1 Å². The lowest BCUT2D eigenvalue weighted by molar-refractivity contribution is -0.134. The van der Waals surface area contributed by atoms with E-state index in [2.05, 4.69) is 23.8 Å². The first-order valence-corrected chi connectivity index (χ1v) is 8.85. The Morgan fingerprint density at radius 1 is 0.958 bits per heavy atom. The Kier molecular flexibility index (Phi) is 7.40. The van der Waals surface area contributed by atoms with Gasteiger partial charge in [-0.25, -0.2) is 0 Å². The fourth-order valence-corrected chi connectivity index (χ4v) is 2.39. The third-order valence-corrected chi connectivity index (χ3v) is 3.86. The first-order valence-electron chi connectivity index (χ1n) is 8.85. The number of rotatable bonds is 9. The molecule has 128 valence electrons. The number of benzene rings is 1. The van der Waals surface area contributed by atoms with Crippen LogP contribution >= 0.6 is 0 Å². The van der Waals surface area contributed by atoms with Gasteiger partial charge in [0.2, 0.25) is 0 Å². The smallest absolute Gasteiger partial charge is 0.311 e. The molecule has 0 unspecified atom stereocenters. The maximum Gasteiger partial charge on any atom is 0.311 e. The molecular formula is C20H26N2O2. The molecule has 0 fully saturated rings. The van der Waals surface area contributed by atoms with Crippen LogP contribution in [0.5, 0.6) is 5.75 Å². The van der Waals surface area contributed by atoms with E-state index < -0.39 is 0 Å². The lowest BCUT2D eigenvalue weighted by atomic mass is 10.1. The van der Waals surface area contributed by atoms with Crippen LogP contribution in [0, 0.1) is 0 Å². The van der Waals surface area contributed by atoms with Crippen molar-refractivity contribution in [3.05, 3.63) is 42.4 Å². The summed E-state index contributed by atoms with van der Waals surface area (Å²) in [5, 5.41) is 0. The molecule has 1 aromatic carbocycles. The van der Waals surface area contributed by atoms with Crippen LogP contribution in [0.1, 0.15) is 58.1 Å². The van der Waals surface area contributed by atoms with Gasteiger partial charge >= 0.3 is 5.97 Å². The number of nitrogens with zero attached hydrogens (tertiary/aromatic N) is 2. The summed E-state index contributed by atoms with van der Waals surface area (Å²) in [5.41, 5.74) is 2.82. The van der Waals surface area contributed by atoms with Crippen molar-refractivity contribution < 1.29 is 9.53 Å². The van der Waals surface area contributed by atoms with Crippen LogP contribution in [0.3, 0.4) is 0 Å². The minimum Gasteiger partial charge on any atom is -0.427 e. The number of ether oxygens (including phenoxy) is 1. The SMILES string of the molecule is CCCCCC(=O)Oc1ccc(-c2cnc(CCCC)cn2)cc1. The van der Waals surface area contributed by atoms with Crippen LogP contribution in [0.4, 0.5) is 0 Å². The van der Waals surface area contributed by atoms with E-state index in [1.54, 1.807) is 18.3 Å². The van der Waals surface area contributed by atoms with Crippen molar-refractivity contribution in [2.75, 3.05) is 0 Å². The van der Waals surface area contributed by atoms with E-state index in [0.717, 1.165) is 55.5 Å². The normalized spacial score (nSPS) is 10.6. The molecule has 0 bridgehead atoms. The second-order valence-electron chi connectivity index (χ2n) is 5.95. The first-order chi connectivity index (χ1) is 11.7. The zero-order valence-corrected chi connectivity index (χ0v) is 14.6. The molecule has 0 aliphatic rings. The number of hydrogen-bond donors (Lipinski definition) is 0. The van der Waals surface area contributed by atoms with Gasteiger partial charge in [0, 0.05) is 18.2 Å². The Hall–Kier alpha value is -2.23. The van der Waals surface area contributed by atoms with E-state index in [9.17, 15) is 4.79 Å². The molecule has 4 nitrogen and oxygen atoms in total. The number of carbonyl (C=O) groups excluding carboxylic acids is 1. The fraction of sp³-hybridized carbons (Fsp3) is 0.450. The van der Waals surface area contributed by atoms with Crippen LogP contribution in [-0.4, -0.2) is 15.9 Å². The topological polar surface area (TPSA) is 52.1 Å². The van der Waals surface area contributed by atoms with Crippen molar-refractivity contribution >= 4 is 5.97 Å². The van der Waals surface area contributed by atoms with E-state index >= 15 is 0 Å². The molecule has 0 aliphatic carbocycles. The zero-order chi connectivity index (χ0) is 17.2. The predicted octanol–water partition coefficient (Wildman–Crippen LogP) is 4.97. The highest BCUT2D eigenvalue weighted by Gasteiger charge is 2.06. The molecule has 0 saturated heterocycles. The highest BCUT2D eigenvalue weighted by atomic mass is 16.5. The number of hydrogen-bond acceptors (Lipinski definition) is 4. The molecule has 0 aliphatic heterocycles. The second-order valence-corrected chi connectivity index (χ2v) is 5.95. The molecule has 2 aromatic rings. The van der Waals surface area contributed by atoms with Crippen molar-refractivity contribution in [2.24, 2.45) is 0 Å².